The lowest BCUT2D eigenvalue weighted by atomic mass is 10.1. The third kappa shape index (κ3) is 3.93. The number of halogens is 1. The van der Waals surface area contributed by atoms with Gasteiger partial charge in [-0.15, -0.1) is 11.3 Å². The van der Waals surface area contributed by atoms with E-state index in [1.54, 1.807) is 12.1 Å². The standard InChI is InChI=1S/C18H15ClN2O2S/c1-11-5-7-12(8-6-11)17-15(10-16(22)23)24-18(21-17)20-14-4-2-3-13(19)9-14/h2-9H,10H2,1H3,(H,20,21)(H,22,23). The Kier molecular flexibility index (Phi) is 4.83. The number of carbonyl (C=O) groups is 1. The van der Waals surface area contributed by atoms with Crippen molar-refractivity contribution in [3.8, 4) is 11.3 Å². The molecule has 0 unspecified atom stereocenters. The van der Waals surface area contributed by atoms with Crippen molar-refractivity contribution in [1.82, 2.24) is 4.98 Å². The molecule has 0 radical (unpaired) electrons. The van der Waals surface area contributed by atoms with Crippen molar-refractivity contribution in [2.75, 3.05) is 5.32 Å². The van der Waals surface area contributed by atoms with Crippen molar-refractivity contribution in [2.24, 2.45) is 0 Å². The molecule has 0 aliphatic rings. The van der Waals surface area contributed by atoms with Gasteiger partial charge in [0.05, 0.1) is 12.1 Å². The quantitative estimate of drug-likeness (QED) is 0.662. The minimum atomic E-state index is -0.874. The van der Waals surface area contributed by atoms with Crippen LogP contribution >= 0.6 is 22.9 Å². The Morgan fingerprint density at radius 2 is 2.00 bits per heavy atom. The fourth-order valence-corrected chi connectivity index (χ4v) is 3.47. The van der Waals surface area contributed by atoms with E-state index in [1.807, 2.05) is 43.3 Å². The Balaban J connectivity index is 1.96. The summed E-state index contributed by atoms with van der Waals surface area (Å²) < 4.78 is 0. The van der Waals surface area contributed by atoms with Crippen molar-refractivity contribution in [2.45, 2.75) is 13.3 Å². The molecule has 0 fully saturated rings. The first-order valence-corrected chi connectivity index (χ1v) is 8.52. The maximum absolute atomic E-state index is 11.2. The third-order valence-corrected chi connectivity index (χ3v) is 4.62. The van der Waals surface area contributed by atoms with Crippen LogP contribution in [0.5, 0.6) is 0 Å². The Morgan fingerprint density at radius 1 is 1.25 bits per heavy atom. The number of benzene rings is 2. The van der Waals surface area contributed by atoms with Crippen LogP contribution in [-0.2, 0) is 11.2 Å². The molecule has 0 atom stereocenters. The lowest BCUT2D eigenvalue weighted by Crippen LogP contribution is -1.99. The number of rotatable bonds is 5. The molecule has 0 saturated carbocycles. The van der Waals surface area contributed by atoms with Crippen LogP contribution < -0.4 is 5.32 Å². The van der Waals surface area contributed by atoms with Gasteiger partial charge in [0.25, 0.3) is 0 Å². The zero-order valence-electron chi connectivity index (χ0n) is 12.9. The first-order valence-electron chi connectivity index (χ1n) is 7.32. The van der Waals surface area contributed by atoms with Crippen LogP contribution in [0.15, 0.2) is 48.5 Å². The molecule has 0 spiro atoms. The molecule has 2 N–H and O–H groups in total. The lowest BCUT2D eigenvalue weighted by molar-refractivity contribution is -0.136. The number of nitrogens with zero attached hydrogens (tertiary/aromatic N) is 1. The van der Waals surface area contributed by atoms with E-state index >= 15 is 0 Å². The second-order valence-corrected chi connectivity index (χ2v) is 6.88. The minimum absolute atomic E-state index is 0.0574. The number of aryl methyl sites for hydroxylation is 1. The number of anilines is 2. The topological polar surface area (TPSA) is 62.2 Å². The SMILES string of the molecule is Cc1ccc(-c2nc(Nc3cccc(Cl)c3)sc2CC(=O)O)cc1. The first-order chi connectivity index (χ1) is 11.5. The van der Waals surface area contributed by atoms with Crippen LogP contribution in [-0.4, -0.2) is 16.1 Å². The summed E-state index contributed by atoms with van der Waals surface area (Å²) in [5, 5.41) is 13.6. The average Bonchev–Trinajstić information content (AvgIpc) is 2.89. The van der Waals surface area contributed by atoms with E-state index in [0.717, 1.165) is 21.7 Å². The zero-order valence-corrected chi connectivity index (χ0v) is 14.5. The molecule has 0 amide bonds. The molecule has 0 aliphatic heterocycles. The lowest BCUT2D eigenvalue weighted by Gasteiger charge is -2.02. The summed E-state index contributed by atoms with van der Waals surface area (Å²) >= 11 is 7.33. The summed E-state index contributed by atoms with van der Waals surface area (Å²) in [7, 11) is 0. The van der Waals surface area contributed by atoms with Crippen LogP contribution in [0.25, 0.3) is 11.3 Å². The Labute approximate surface area is 148 Å². The second kappa shape index (κ2) is 7.03. The molecule has 122 valence electrons. The summed E-state index contributed by atoms with van der Waals surface area (Å²) in [6.45, 7) is 2.01. The van der Waals surface area contributed by atoms with E-state index in [0.29, 0.717) is 15.8 Å². The fourth-order valence-electron chi connectivity index (χ4n) is 2.29. The van der Waals surface area contributed by atoms with Gasteiger partial charge < -0.3 is 10.4 Å². The third-order valence-electron chi connectivity index (χ3n) is 3.41. The second-order valence-electron chi connectivity index (χ2n) is 5.36. The summed E-state index contributed by atoms with van der Waals surface area (Å²) in [4.78, 5) is 16.5. The van der Waals surface area contributed by atoms with Gasteiger partial charge in [-0.1, -0.05) is 47.5 Å². The predicted octanol–water partition coefficient (Wildman–Crippen LogP) is 5.14. The molecule has 24 heavy (non-hydrogen) atoms. The highest BCUT2D eigenvalue weighted by Gasteiger charge is 2.16. The van der Waals surface area contributed by atoms with Gasteiger partial charge in [-0.3, -0.25) is 4.79 Å². The number of aromatic nitrogens is 1. The number of thiazole rings is 1. The van der Waals surface area contributed by atoms with Gasteiger partial charge in [-0.2, -0.15) is 0 Å². The van der Waals surface area contributed by atoms with Crippen molar-refractivity contribution in [3.63, 3.8) is 0 Å². The summed E-state index contributed by atoms with van der Waals surface area (Å²) in [6.07, 6.45) is -0.0574. The van der Waals surface area contributed by atoms with E-state index < -0.39 is 5.97 Å². The number of hydrogen-bond donors (Lipinski definition) is 2. The first kappa shape index (κ1) is 16.5. The number of carboxylic acid groups (broad SMARTS) is 1. The van der Waals surface area contributed by atoms with Gasteiger partial charge >= 0.3 is 5.97 Å². The molecule has 2 aromatic carbocycles. The number of aliphatic carboxylic acids is 1. The molecule has 1 aromatic heterocycles. The van der Waals surface area contributed by atoms with E-state index in [2.05, 4.69) is 10.3 Å². The van der Waals surface area contributed by atoms with Crippen LogP contribution in [0, 0.1) is 6.92 Å². The highest BCUT2D eigenvalue weighted by atomic mass is 35.5. The largest absolute Gasteiger partial charge is 0.481 e. The Morgan fingerprint density at radius 3 is 2.67 bits per heavy atom. The van der Waals surface area contributed by atoms with E-state index in [9.17, 15) is 4.79 Å². The maximum atomic E-state index is 11.2. The molecule has 3 aromatic rings. The minimum Gasteiger partial charge on any atom is -0.481 e. The van der Waals surface area contributed by atoms with Gasteiger partial charge in [-0.05, 0) is 25.1 Å². The maximum Gasteiger partial charge on any atom is 0.308 e. The number of carboxylic acids is 1. The smallest absolute Gasteiger partial charge is 0.308 e. The molecule has 6 heteroatoms. The van der Waals surface area contributed by atoms with Crippen molar-refractivity contribution in [1.29, 1.82) is 0 Å². The van der Waals surface area contributed by atoms with Crippen molar-refractivity contribution >= 4 is 39.7 Å². The molecule has 0 saturated heterocycles. The van der Waals surface area contributed by atoms with Crippen LogP contribution in [0.2, 0.25) is 5.02 Å². The Hall–Kier alpha value is -2.37. The molecule has 0 aliphatic carbocycles. The van der Waals surface area contributed by atoms with E-state index in [4.69, 9.17) is 16.7 Å². The number of nitrogens with one attached hydrogen (secondary N) is 1. The van der Waals surface area contributed by atoms with Gasteiger partial charge in [0.15, 0.2) is 5.13 Å². The zero-order chi connectivity index (χ0) is 17.1. The highest BCUT2D eigenvalue weighted by Crippen LogP contribution is 2.33. The molecule has 0 bridgehead atoms. The van der Waals surface area contributed by atoms with Crippen molar-refractivity contribution < 1.29 is 9.90 Å². The van der Waals surface area contributed by atoms with Crippen LogP contribution in [0.3, 0.4) is 0 Å². The summed E-state index contributed by atoms with van der Waals surface area (Å²) in [5.74, 6) is -0.874. The van der Waals surface area contributed by atoms with Gasteiger partial charge in [0, 0.05) is 21.2 Å². The molecule has 1 heterocycles. The van der Waals surface area contributed by atoms with Gasteiger partial charge in [0.2, 0.25) is 0 Å². The van der Waals surface area contributed by atoms with Gasteiger partial charge in [0.1, 0.15) is 0 Å². The monoisotopic (exact) mass is 358 g/mol. The van der Waals surface area contributed by atoms with Crippen LogP contribution in [0.4, 0.5) is 10.8 Å². The highest BCUT2D eigenvalue weighted by molar-refractivity contribution is 7.16. The predicted molar refractivity (Wildman–Crippen MR) is 98.4 cm³/mol. The molecule has 3 rings (SSSR count). The van der Waals surface area contributed by atoms with Crippen LogP contribution in [0.1, 0.15) is 10.4 Å². The normalized spacial score (nSPS) is 10.6. The number of hydrogen-bond acceptors (Lipinski definition) is 4. The average molecular weight is 359 g/mol. The molecule has 4 nitrogen and oxygen atoms in total. The van der Waals surface area contributed by atoms with E-state index in [1.165, 1.54) is 11.3 Å². The van der Waals surface area contributed by atoms with E-state index in [-0.39, 0.29) is 6.42 Å². The summed E-state index contributed by atoms with van der Waals surface area (Å²) in [5.41, 5.74) is 3.57. The Bertz CT molecular complexity index is 875. The van der Waals surface area contributed by atoms with Crippen molar-refractivity contribution in [3.05, 3.63) is 64.0 Å². The fraction of sp³-hybridized carbons (Fsp3) is 0.111. The molecular weight excluding hydrogens is 344 g/mol. The van der Waals surface area contributed by atoms with Gasteiger partial charge in [-0.25, -0.2) is 4.98 Å². The molecular formula is C18H15ClN2O2S. The summed E-state index contributed by atoms with van der Waals surface area (Å²) in [6, 6.07) is 15.2.